The number of piperidine rings is 1. The molecule has 178 valence electrons. The zero-order valence-electron chi connectivity index (χ0n) is 18.5. The number of phenols is 1. The molecule has 11 heteroatoms. The van der Waals surface area contributed by atoms with E-state index in [0.29, 0.717) is 47.5 Å². The molecule has 3 heterocycles. The Morgan fingerprint density at radius 2 is 1.88 bits per heavy atom. The molecule has 2 aliphatic rings. The minimum absolute atomic E-state index is 0.0932. The molecule has 0 spiro atoms. The van der Waals surface area contributed by atoms with Gasteiger partial charge < -0.3 is 10.0 Å². The minimum atomic E-state index is -3.50. The molecular formula is C23H25N5O4S2. The van der Waals surface area contributed by atoms with Gasteiger partial charge in [-0.1, -0.05) is 30.3 Å². The fraction of sp³-hybridized carbons (Fsp3) is 0.348. The van der Waals surface area contributed by atoms with Gasteiger partial charge in [-0.25, -0.2) is 13.4 Å². The van der Waals surface area contributed by atoms with E-state index in [-0.39, 0.29) is 17.4 Å². The van der Waals surface area contributed by atoms with E-state index >= 15 is 0 Å². The van der Waals surface area contributed by atoms with Crippen molar-refractivity contribution in [2.45, 2.75) is 35.7 Å². The van der Waals surface area contributed by atoms with Crippen LogP contribution in [0.5, 0.6) is 5.75 Å². The molecule has 1 fully saturated rings. The van der Waals surface area contributed by atoms with Crippen LogP contribution >= 0.6 is 11.8 Å². The summed E-state index contributed by atoms with van der Waals surface area (Å²) in [5, 5.41) is 17.3. The Hall–Kier alpha value is -2.89. The lowest BCUT2D eigenvalue weighted by atomic mass is 10.2. The SMILES string of the molecule is O=C(CSc1n[nH]c(-c2ccccc2O)n1)N1CCc2cc(S(=O)(=O)N3CCCCC3)ccc21. The van der Waals surface area contributed by atoms with Gasteiger partial charge in [0.15, 0.2) is 5.82 Å². The van der Waals surface area contributed by atoms with Crippen LogP contribution in [0.4, 0.5) is 5.69 Å². The number of aromatic hydroxyl groups is 1. The molecule has 0 bridgehead atoms. The first-order valence-electron chi connectivity index (χ1n) is 11.2. The number of aromatic nitrogens is 3. The van der Waals surface area contributed by atoms with Crippen LogP contribution in [-0.2, 0) is 21.2 Å². The molecule has 3 aromatic rings. The van der Waals surface area contributed by atoms with Gasteiger partial charge in [0, 0.05) is 25.3 Å². The first-order chi connectivity index (χ1) is 16.4. The fourth-order valence-corrected chi connectivity index (χ4v) is 6.60. The van der Waals surface area contributed by atoms with Gasteiger partial charge in [0.2, 0.25) is 21.1 Å². The van der Waals surface area contributed by atoms with E-state index in [4.69, 9.17) is 0 Å². The lowest BCUT2D eigenvalue weighted by Crippen LogP contribution is -2.35. The number of para-hydroxylation sites is 1. The number of hydrogen-bond donors (Lipinski definition) is 2. The number of H-pyrrole nitrogens is 1. The number of rotatable bonds is 6. The van der Waals surface area contributed by atoms with Crippen LogP contribution in [-0.4, -0.2) is 64.3 Å². The first-order valence-corrected chi connectivity index (χ1v) is 13.6. The standard InChI is InChI=1S/C23H25N5O4S2/c29-20-7-3-2-6-18(20)22-24-23(26-25-22)33-15-21(30)28-13-10-16-14-17(8-9-19(16)28)34(31,32)27-11-4-1-5-12-27/h2-3,6-9,14,29H,1,4-5,10-13,15H2,(H,24,25,26). The Morgan fingerprint density at radius 1 is 1.09 bits per heavy atom. The third-order valence-corrected chi connectivity index (χ3v) is 8.88. The second-order valence-corrected chi connectivity index (χ2v) is 11.2. The molecular weight excluding hydrogens is 474 g/mol. The molecule has 9 nitrogen and oxygen atoms in total. The van der Waals surface area contributed by atoms with Crippen molar-refractivity contribution in [2.75, 3.05) is 30.3 Å². The van der Waals surface area contributed by atoms with E-state index in [2.05, 4.69) is 15.2 Å². The average molecular weight is 500 g/mol. The van der Waals surface area contributed by atoms with Gasteiger partial charge in [-0.15, -0.1) is 5.10 Å². The number of sulfonamides is 1. The van der Waals surface area contributed by atoms with Crippen molar-refractivity contribution in [2.24, 2.45) is 0 Å². The number of benzene rings is 2. The van der Waals surface area contributed by atoms with Gasteiger partial charge in [0.25, 0.3) is 0 Å². The zero-order chi connectivity index (χ0) is 23.7. The van der Waals surface area contributed by atoms with Crippen LogP contribution in [0.3, 0.4) is 0 Å². The smallest absolute Gasteiger partial charge is 0.243 e. The molecule has 0 unspecified atom stereocenters. The number of amides is 1. The molecule has 1 aromatic heterocycles. The zero-order valence-corrected chi connectivity index (χ0v) is 20.1. The van der Waals surface area contributed by atoms with E-state index in [1.54, 1.807) is 51.7 Å². The number of carbonyl (C=O) groups is 1. The summed E-state index contributed by atoms with van der Waals surface area (Å²) in [6, 6.07) is 11.9. The average Bonchev–Trinajstić information content (AvgIpc) is 3.50. The lowest BCUT2D eigenvalue weighted by molar-refractivity contribution is -0.116. The summed E-state index contributed by atoms with van der Waals surface area (Å²) in [5.74, 6) is 0.582. The maximum Gasteiger partial charge on any atom is 0.243 e. The number of aromatic amines is 1. The Morgan fingerprint density at radius 3 is 2.68 bits per heavy atom. The summed E-state index contributed by atoms with van der Waals surface area (Å²) in [6.45, 7) is 1.64. The van der Waals surface area contributed by atoms with Crippen molar-refractivity contribution in [3.63, 3.8) is 0 Å². The monoisotopic (exact) mass is 499 g/mol. The van der Waals surface area contributed by atoms with Gasteiger partial charge in [-0.2, -0.15) is 4.31 Å². The highest BCUT2D eigenvalue weighted by Gasteiger charge is 2.30. The maximum absolute atomic E-state index is 13.0. The molecule has 5 rings (SSSR count). The summed E-state index contributed by atoms with van der Waals surface area (Å²) < 4.78 is 27.6. The van der Waals surface area contributed by atoms with Crippen molar-refractivity contribution in [3.05, 3.63) is 48.0 Å². The second kappa shape index (κ2) is 9.40. The molecule has 2 aliphatic heterocycles. The topological polar surface area (TPSA) is 119 Å². The number of carbonyl (C=O) groups excluding carboxylic acids is 1. The van der Waals surface area contributed by atoms with E-state index < -0.39 is 10.0 Å². The summed E-state index contributed by atoms with van der Waals surface area (Å²) in [7, 11) is -3.50. The van der Waals surface area contributed by atoms with Crippen LogP contribution in [0, 0.1) is 0 Å². The van der Waals surface area contributed by atoms with Crippen molar-refractivity contribution in [3.8, 4) is 17.1 Å². The van der Waals surface area contributed by atoms with Gasteiger partial charge in [0.05, 0.1) is 16.2 Å². The number of hydrogen-bond acceptors (Lipinski definition) is 7. The van der Waals surface area contributed by atoms with E-state index in [0.717, 1.165) is 30.5 Å². The van der Waals surface area contributed by atoms with Crippen molar-refractivity contribution < 1.29 is 18.3 Å². The van der Waals surface area contributed by atoms with Crippen LogP contribution < -0.4 is 4.90 Å². The Labute approximate surface area is 202 Å². The molecule has 2 N–H and O–H groups in total. The Bertz CT molecular complexity index is 1320. The summed E-state index contributed by atoms with van der Waals surface area (Å²) in [4.78, 5) is 19.3. The van der Waals surface area contributed by atoms with Crippen LogP contribution in [0.1, 0.15) is 24.8 Å². The second-order valence-electron chi connectivity index (χ2n) is 8.32. The first kappa shape index (κ1) is 22.9. The quantitative estimate of drug-likeness (QED) is 0.500. The predicted molar refractivity (Wildman–Crippen MR) is 129 cm³/mol. The number of anilines is 1. The van der Waals surface area contributed by atoms with Gasteiger partial charge >= 0.3 is 0 Å². The number of nitrogens with zero attached hydrogens (tertiary/aromatic N) is 4. The van der Waals surface area contributed by atoms with Crippen molar-refractivity contribution in [1.82, 2.24) is 19.5 Å². The van der Waals surface area contributed by atoms with Crippen molar-refractivity contribution >= 4 is 33.4 Å². The third-order valence-electron chi connectivity index (χ3n) is 6.15. The molecule has 1 amide bonds. The molecule has 2 aromatic carbocycles. The summed E-state index contributed by atoms with van der Waals surface area (Å²) >= 11 is 1.21. The Balaban J connectivity index is 1.25. The number of fused-ring (bicyclic) bond motifs is 1. The van der Waals surface area contributed by atoms with Crippen LogP contribution in [0.2, 0.25) is 0 Å². The minimum Gasteiger partial charge on any atom is -0.507 e. The highest BCUT2D eigenvalue weighted by Crippen LogP contribution is 2.33. The highest BCUT2D eigenvalue weighted by molar-refractivity contribution is 7.99. The molecule has 0 atom stereocenters. The van der Waals surface area contributed by atoms with Crippen LogP contribution in [0.25, 0.3) is 11.4 Å². The summed E-state index contributed by atoms with van der Waals surface area (Å²) in [5.41, 5.74) is 2.17. The molecule has 1 saturated heterocycles. The molecule has 0 radical (unpaired) electrons. The largest absolute Gasteiger partial charge is 0.507 e. The third kappa shape index (κ3) is 4.42. The van der Waals surface area contributed by atoms with Gasteiger partial charge in [-0.05, 0) is 55.2 Å². The number of nitrogens with one attached hydrogen (secondary N) is 1. The number of thioether (sulfide) groups is 1. The maximum atomic E-state index is 13.0. The van der Waals surface area contributed by atoms with Gasteiger partial charge in [-0.3, -0.25) is 9.89 Å². The molecule has 34 heavy (non-hydrogen) atoms. The summed E-state index contributed by atoms with van der Waals surface area (Å²) in [6.07, 6.45) is 3.47. The van der Waals surface area contributed by atoms with E-state index in [9.17, 15) is 18.3 Å². The molecule has 0 saturated carbocycles. The predicted octanol–water partition coefficient (Wildman–Crippen LogP) is 3.03. The highest BCUT2D eigenvalue weighted by atomic mass is 32.2. The molecule has 0 aliphatic carbocycles. The van der Waals surface area contributed by atoms with E-state index in [1.807, 2.05) is 0 Å². The van der Waals surface area contributed by atoms with Crippen LogP contribution in [0.15, 0.2) is 52.5 Å². The fourth-order valence-electron chi connectivity index (χ4n) is 4.36. The Kier molecular flexibility index (Phi) is 6.32. The normalized spacial score (nSPS) is 16.5. The van der Waals surface area contributed by atoms with Gasteiger partial charge in [0.1, 0.15) is 5.75 Å². The number of phenolic OH excluding ortho intramolecular Hbond substituents is 1. The van der Waals surface area contributed by atoms with Crippen molar-refractivity contribution in [1.29, 1.82) is 0 Å². The lowest BCUT2D eigenvalue weighted by Gasteiger charge is -2.26. The van der Waals surface area contributed by atoms with E-state index in [1.165, 1.54) is 11.8 Å².